The molecule has 1 saturated heterocycles. The Bertz CT molecular complexity index is 672. The van der Waals surface area contributed by atoms with Gasteiger partial charge in [0.25, 0.3) is 5.91 Å². The largest absolute Gasteiger partial charge is 0.494 e. The molecule has 0 saturated carbocycles. The summed E-state index contributed by atoms with van der Waals surface area (Å²) in [5.74, 6) is 0.562. The van der Waals surface area contributed by atoms with Gasteiger partial charge in [-0.05, 0) is 51.7 Å². The monoisotopic (exact) mass is 416 g/mol. The van der Waals surface area contributed by atoms with Crippen molar-refractivity contribution >= 4 is 35.2 Å². The number of methoxy groups -OCH3 is 1. The minimum atomic E-state index is -0.513. The second kappa shape index (κ2) is 9.02. The van der Waals surface area contributed by atoms with Crippen LogP contribution in [0.2, 0.25) is 10.0 Å². The molecule has 150 valence electrons. The Labute approximate surface area is 170 Å². The number of piperidine rings is 1. The fourth-order valence-corrected chi connectivity index (χ4v) is 3.58. The van der Waals surface area contributed by atoms with Gasteiger partial charge in [-0.15, -0.1) is 0 Å². The number of rotatable bonds is 4. The summed E-state index contributed by atoms with van der Waals surface area (Å²) in [7, 11) is 1.48. The van der Waals surface area contributed by atoms with E-state index in [-0.39, 0.29) is 5.91 Å². The van der Waals surface area contributed by atoms with Crippen LogP contribution in [0.25, 0.3) is 0 Å². The molecule has 1 aliphatic rings. The number of likely N-dealkylation sites (tertiary alicyclic amines) is 1. The van der Waals surface area contributed by atoms with Crippen LogP contribution < -0.4 is 10.1 Å². The zero-order valence-corrected chi connectivity index (χ0v) is 17.6. The molecule has 6 nitrogen and oxygen atoms in total. The molecule has 0 bridgehead atoms. The molecule has 0 radical (unpaired) electrons. The first-order chi connectivity index (χ1) is 12.6. The first-order valence-electron chi connectivity index (χ1n) is 8.90. The summed E-state index contributed by atoms with van der Waals surface area (Å²) >= 11 is 12.3. The molecular weight excluding hydrogens is 391 g/mol. The van der Waals surface area contributed by atoms with Crippen LogP contribution in [0.4, 0.5) is 4.79 Å². The molecule has 1 aliphatic heterocycles. The molecule has 0 aliphatic carbocycles. The summed E-state index contributed by atoms with van der Waals surface area (Å²) in [6.45, 7) is 7.25. The van der Waals surface area contributed by atoms with Gasteiger partial charge in [0.05, 0.1) is 17.2 Å². The molecule has 0 atom stereocenters. The molecule has 0 aromatic heterocycles. The predicted octanol–water partition coefficient (Wildman–Crippen LogP) is 4.38. The van der Waals surface area contributed by atoms with Gasteiger partial charge < -0.3 is 19.7 Å². The Morgan fingerprint density at radius 1 is 1.19 bits per heavy atom. The van der Waals surface area contributed by atoms with Crippen molar-refractivity contribution in [1.82, 2.24) is 10.2 Å². The van der Waals surface area contributed by atoms with Crippen molar-refractivity contribution in [3.63, 3.8) is 0 Å². The smallest absolute Gasteiger partial charge is 0.407 e. The third-order valence-corrected chi connectivity index (χ3v) is 4.85. The Morgan fingerprint density at radius 2 is 1.74 bits per heavy atom. The Kier molecular flexibility index (Phi) is 7.23. The van der Waals surface area contributed by atoms with Gasteiger partial charge in [-0.1, -0.05) is 23.2 Å². The highest BCUT2D eigenvalue weighted by atomic mass is 35.5. The third kappa shape index (κ3) is 6.18. The molecule has 27 heavy (non-hydrogen) atoms. The molecular formula is C19H26Cl2N2O4. The Hall–Kier alpha value is -1.66. The van der Waals surface area contributed by atoms with Crippen LogP contribution >= 0.6 is 23.2 Å². The fraction of sp³-hybridized carbons (Fsp3) is 0.579. The second-order valence-corrected chi connectivity index (χ2v) is 8.41. The van der Waals surface area contributed by atoms with Gasteiger partial charge >= 0.3 is 6.09 Å². The van der Waals surface area contributed by atoms with Crippen molar-refractivity contribution in [3.8, 4) is 5.75 Å². The molecule has 1 fully saturated rings. The van der Waals surface area contributed by atoms with E-state index in [0.29, 0.717) is 46.9 Å². The third-order valence-electron chi connectivity index (χ3n) is 4.29. The minimum Gasteiger partial charge on any atom is -0.494 e. The predicted molar refractivity (Wildman–Crippen MR) is 106 cm³/mol. The maximum atomic E-state index is 12.7. The number of amides is 2. The minimum absolute atomic E-state index is 0.111. The SMILES string of the molecule is COc1c(Cl)cc(C(=O)N2CCC(CNC(=O)OC(C)(C)C)CC2)cc1Cl. The average Bonchev–Trinajstić information content (AvgIpc) is 2.58. The molecule has 1 N–H and O–H groups in total. The normalized spacial score (nSPS) is 15.4. The highest BCUT2D eigenvalue weighted by Crippen LogP contribution is 2.34. The van der Waals surface area contributed by atoms with Crippen LogP contribution in [0.3, 0.4) is 0 Å². The van der Waals surface area contributed by atoms with Crippen LogP contribution in [0.15, 0.2) is 12.1 Å². The Morgan fingerprint density at radius 3 is 2.22 bits per heavy atom. The molecule has 1 heterocycles. The number of halogens is 2. The molecule has 8 heteroatoms. The van der Waals surface area contributed by atoms with Gasteiger partial charge in [0, 0.05) is 25.2 Å². The maximum Gasteiger partial charge on any atom is 0.407 e. The van der Waals surface area contributed by atoms with Crippen LogP contribution in [0, 0.1) is 5.92 Å². The topological polar surface area (TPSA) is 67.9 Å². The van der Waals surface area contributed by atoms with Crippen molar-refractivity contribution in [2.24, 2.45) is 5.92 Å². The summed E-state index contributed by atoms with van der Waals surface area (Å²) in [5, 5.41) is 3.42. The van der Waals surface area contributed by atoms with Crippen LogP contribution in [-0.4, -0.2) is 49.2 Å². The zero-order valence-electron chi connectivity index (χ0n) is 16.1. The number of hydrogen-bond acceptors (Lipinski definition) is 4. The van der Waals surface area contributed by atoms with Crippen molar-refractivity contribution in [1.29, 1.82) is 0 Å². The summed E-state index contributed by atoms with van der Waals surface area (Å²) in [4.78, 5) is 26.2. The van der Waals surface area contributed by atoms with E-state index in [1.807, 2.05) is 20.8 Å². The van der Waals surface area contributed by atoms with Crippen molar-refractivity contribution in [2.45, 2.75) is 39.2 Å². The molecule has 1 aromatic carbocycles. The summed E-state index contributed by atoms with van der Waals surface area (Å²) in [6, 6.07) is 3.15. The highest BCUT2D eigenvalue weighted by molar-refractivity contribution is 6.37. The van der Waals surface area contributed by atoms with E-state index >= 15 is 0 Å². The lowest BCUT2D eigenvalue weighted by atomic mass is 9.96. The lowest BCUT2D eigenvalue weighted by molar-refractivity contribution is 0.0500. The van der Waals surface area contributed by atoms with Crippen molar-refractivity contribution < 1.29 is 19.1 Å². The summed E-state index contributed by atoms with van der Waals surface area (Å²) in [6.07, 6.45) is 1.20. The van der Waals surface area contributed by atoms with E-state index in [0.717, 1.165) is 12.8 Å². The van der Waals surface area contributed by atoms with Crippen LogP contribution in [0.1, 0.15) is 44.0 Å². The van der Waals surface area contributed by atoms with Crippen LogP contribution in [0.5, 0.6) is 5.75 Å². The molecule has 0 unspecified atom stereocenters. The van der Waals surface area contributed by atoms with Gasteiger partial charge in [-0.25, -0.2) is 4.79 Å². The number of ether oxygens (including phenoxy) is 2. The van der Waals surface area contributed by atoms with E-state index in [9.17, 15) is 9.59 Å². The highest BCUT2D eigenvalue weighted by Gasteiger charge is 2.25. The van der Waals surface area contributed by atoms with Gasteiger partial charge in [0.1, 0.15) is 5.60 Å². The number of carbonyl (C=O) groups excluding carboxylic acids is 2. The fourth-order valence-electron chi connectivity index (χ4n) is 2.94. The van der Waals surface area contributed by atoms with Gasteiger partial charge in [0.2, 0.25) is 0 Å². The van der Waals surface area contributed by atoms with E-state index < -0.39 is 11.7 Å². The quantitative estimate of drug-likeness (QED) is 0.790. The van der Waals surface area contributed by atoms with E-state index in [2.05, 4.69) is 5.32 Å². The number of nitrogens with one attached hydrogen (secondary N) is 1. The second-order valence-electron chi connectivity index (χ2n) is 7.59. The molecule has 0 spiro atoms. The van der Waals surface area contributed by atoms with Gasteiger partial charge in [-0.3, -0.25) is 4.79 Å². The standard InChI is InChI=1S/C19H26Cl2N2O4/c1-19(2,3)27-18(25)22-11-12-5-7-23(8-6-12)17(24)13-9-14(20)16(26-4)15(21)10-13/h9-10,12H,5-8,11H2,1-4H3,(H,22,25). The molecule has 1 aromatic rings. The number of nitrogens with zero attached hydrogens (tertiary/aromatic N) is 1. The first-order valence-corrected chi connectivity index (χ1v) is 9.65. The number of hydrogen-bond donors (Lipinski definition) is 1. The molecule has 2 rings (SSSR count). The average molecular weight is 417 g/mol. The lowest BCUT2D eigenvalue weighted by Gasteiger charge is -2.32. The lowest BCUT2D eigenvalue weighted by Crippen LogP contribution is -2.42. The summed E-state index contributed by atoms with van der Waals surface area (Å²) in [5.41, 5.74) is -0.0723. The number of alkyl carbamates (subject to hydrolysis) is 1. The van der Waals surface area contributed by atoms with E-state index in [1.165, 1.54) is 7.11 Å². The van der Waals surface area contributed by atoms with E-state index in [4.69, 9.17) is 32.7 Å². The van der Waals surface area contributed by atoms with Crippen LogP contribution in [-0.2, 0) is 4.74 Å². The number of carbonyl (C=O) groups is 2. The van der Waals surface area contributed by atoms with Gasteiger partial charge in [0.15, 0.2) is 5.75 Å². The zero-order chi connectivity index (χ0) is 20.2. The number of benzene rings is 1. The van der Waals surface area contributed by atoms with Crippen molar-refractivity contribution in [2.75, 3.05) is 26.7 Å². The van der Waals surface area contributed by atoms with Crippen molar-refractivity contribution in [3.05, 3.63) is 27.7 Å². The summed E-state index contributed by atoms with van der Waals surface area (Å²) < 4.78 is 10.4. The Balaban J connectivity index is 1.87. The maximum absolute atomic E-state index is 12.7. The van der Waals surface area contributed by atoms with Gasteiger partial charge in [-0.2, -0.15) is 0 Å². The first kappa shape index (κ1) is 21.6. The van der Waals surface area contributed by atoms with E-state index in [1.54, 1.807) is 17.0 Å². The molecule has 2 amide bonds.